The van der Waals surface area contributed by atoms with Crippen molar-refractivity contribution in [3.05, 3.63) is 66.4 Å². The Balaban J connectivity index is 1.94. The van der Waals surface area contributed by atoms with Crippen LogP contribution in [0.5, 0.6) is 0 Å². The van der Waals surface area contributed by atoms with Crippen molar-refractivity contribution in [2.24, 2.45) is 0 Å². The zero-order valence-corrected chi connectivity index (χ0v) is 13.2. The summed E-state index contributed by atoms with van der Waals surface area (Å²) in [6, 6.07) is 11.0. The lowest BCUT2D eigenvalue weighted by atomic mass is 10.2. The largest absolute Gasteiger partial charge is 0.459 e. The molecule has 1 N–H and O–H groups in total. The minimum Gasteiger partial charge on any atom is -0.459 e. The van der Waals surface area contributed by atoms with E-state index >= 15 is 0 Å². The highest BCUT2D eigenvalue weighted by Gasteiger charge is 2.19. The molecule has 5 nitrogen and oxygen atoms in total. The van der Waals surface area contributed by atoms with Crippen molar-refractivity contribution >= 4 is 16.9 Å². The van der Waals surface area contributed by atoms with Gasteiger partial charge in [-0.05, 0) is 38.1 Å². The first-order chi connectivity index (χ1) is 11.1. The molecule has 2 aromatic heterocycles. The van der Waals surface area contributed by atoms with E-state index in [0.29, 0.717) is 12.3 Å². The number of hydrogen-bond donors (Lipinski definition) is 1. The number of carbonyl (C=O) groups excluding carboxylic acids is 1. The molecule has 0 aliphatic heterocycles. The zero-order chi connectivity index (χ0) is 16.4. The van der Waals surface area contributed by atoms with E-state index in [1.54, 1.807) is 12.1 Å². The summed E-state index contributed by atoms with van der Waals surface area (Å²) in [6.07, 6.45) is 1.48. The van der Waals surface area contributed by atoms with Crippen LogP contribution in [-0.4, -0.2) is 15.5 Å². The smallest absolute Gasteiger partial charge is 0.287 e. The maximum absolute atomic E-state index is 12.2. The number of amides is 1. The molecule has 0 aliphatic carbocycles. The van der Waals surface area contributed by atoms with Gasteiger partial charge in [-0.3, -0.25) is 4.79 Å². The molecule has 2 heterocycles. The number of allylic oxidation sites excluding steroid dienone is 1. The zero-order valence-electron chi connectivity index (χ0n) is 13.2. The van der Waals surface area contributed by atoms with Crippen LogP contribution >= 0.6 is 0 Å². The Morgan fingerprint density at radius 3 is 2.83 bits per heavy atom. The van der Waals surface area contributed by atoms with Crippen LogP contribution in [0, 0.1) is 0 Å². The van der Waals surface area contributed by atoms with Crippen LogP contribution in [0.4, 0.5) is 0 Å². The van der Waals surface area contributed by atoms with Crippen LogP contribution in [-0.2, 0) is 6.54 Å². The number of rotatable bonds is 5. The number of imidazole rings is 1. The average molecular weight is 309 g/mol. The molecule has 0 radical (unpaired) electrons. The third-order valence-corrected chi connectivity index (χ3v) is 3.59. The van der Waals surface area contributed by atoms with E-state index in [2.05, 4.69) is 21.4 Å². The van der Waals surface area contributed by atoms with Crippen LogP contribution in [0.15, 0.2) is 59.2 Å². The van der Waals surface area contributed by atoms with Gasteiger partial charge in [0.15, 0.2) is 5.76 Å². The molecule has 1 aromatic carbocycles. The van der Waals surface area contributed by atoms with E-state index in [9.17, 15) is 4.79 Å². The number of nitrogens with zero attached hydrogens (tertiary/aromatic N) is 2. The van der Waals surface area contributed by atoms with Crippen molar-refractivity contribution in [2.75, 3.05) is 0 Å². The lowest BCUT2D eigenvalue weighted by Gasteiger charge is -2.15. The number of carbonyl (C=O) groups is 1. The van der Waals surface area contributed by atoms with Crippen molar-refractivity contribution in [3.63, 3.8) is 0 Å². The van der Waals surface area contributed by atoms with Crippen molar-refractivity contribution in [2.45, 2.75) is 26.4 Å². The fourth-order valence-corrected chi connectivity index (χ4v) is 2.60. The number of furan rings is 1. The van der Waals surface area contributed by atoms with Crippen molar-refractivity contribution < 1.29 is 9.21 Å². The third kappa shape index (κ3) is 3.04. The molecule has 1 atom stereocenters. The summed E-state index contributed by atoms with van der Waals surface area (Å²) in [6.45, 7) is 8.54. The van der Waals surface area contributed by atoms with Gasteiger partial charge >= 0.3 is 0 Å². The summed E-state index contributed by atoms with van der Waals surface area (Å²) in [4.78, 5) is 16.9. The van der Waals surface area contributed by atoms with Crippen molar-refractivity contribution in [1.29, 1.82) is 0 Å². The van der Waals surface area contributed by atoms with Gasteiger partial charge in [-0.25, -0.2) is 4.98 Å². The SMILES string of the molecule is C=C(C)Cn1c(C(C)NC(=O)c2ccco2)nc2ccccc21. The number of fused-ring (bicyclic) bond motifs is 1. The monoisotopic (exact) mass is 309 g/mol. The van der Waals surface area contributed by atoms with E-state index in [0.717, 1.165) is 22.4 Å². The first kappa shape index (κ1) is 15.1. The van der Waals surface area contributed by atoms with E-state index < -0.39 is 0 Å². The molecule has 1 unspecified atom stereocenters. The summed E-state index contributed by atoms with van der Waals surface area (Å²) < 4.78 is 7.22. The Hall–Kier alpha value is -2.82. The second-order valence-electron chi connectivity index (χ2n) is 5.67. The molecule has 0 spiro atoms. The van der Waals surface area contributed by atoms with E-state index in [1.165, 1.54) is 6.26 Å². The molecular formula is C18H19N3O2. The highest BCUT2D eigenvalue weighted by molar-refractivity contribution is 5.91. The third-order valence-electron chi connectivity index (χ3n) is 3.59. The van der Waals surface area contributed by atoms with Gasteiger partial charge < -0.3 is 14.3 Å². The molecule has 0 bridgehead atoms. The lowest BCUT2D eigenvalue weighted by Crippen LogP contribution is -2.28. The second kappa shape index (κ2) is 6.12. The molecule has 118 valence electrons. The lowest BCUT2D eigenvalue weighted by molar-refractivity contribution is 0.0909. The number of benzene rings is 1. The molecule has 3 rings (SSSR count). The molecule has 3 aromatic rings. The predicted octanol–water partition coefficient (Wildman–Crippen LogP) is 3.70. The van der Waals surface area contributed by atoms with Crippen LogP contribution < -0.4 is 5.32 Å². The second-order valence-corrected chi connectivity index (χ2v) is 5.67. The fraction of sp³-hybridized carbons (Fsp3) is 0.222. The molecule has 0 saturated heterocycles. The number of para-hydroxylation sites is 2. The minimum absolute atomic E-state index is 0.251. The normalized spacial score (nSPS) is 12.3. The Labute approximate surface area is 134 Å². The predicted molar refractivity (Wildman–Crippen MR) is 89.1 cm³/mol. The Morgan fingerprint density at radius 1 is 1.35 bits per heavy atom. The summed E-state index contributed by atoms with van der Waals surface area (Å²) in [5.41, 5.74) is 2.96. The molecule has 23 heavy (non-hydrogen) atoms. The minimum atomic E-state index is -0.253. The van der Waals surface area contributed by atoms with Crippen LogP contribution in [0.2, 0.25) is 0 Å². The van der Waals surface area contributed by atoms with Crippen LogP contribution in [0.1, 0.15) is 36.3 Å². The van der Waals surface area contributed by atoms with E-state index in [-0.39, 0.29) is 11.9 Å². The average Bonchev–Trinajstić information content (AvgIpc) is 3.15. The highest BCUT2D eigenvalue weighted by atomic mass is 16.3. The molecule has 5 heteroatoms. The number of nitrogens with one attached hydrogen (secondary N) is 1. The van der Waals surface area contributed by atoms with Gasteiger partial charge in [0.2, 0.25) is 0 Å². The number of hydrogen-bond acceptors (Lipinski definition) is 3. The van der Waals surface area contributed by atoms with Crippen molar-refractivity contribution in [3.8, 4) is 0 Å². The topological polar surface area (TPSA) is 60.1 Å². The molecular weight excluding hydrogens is 290 g/mol. The Kier molecular flexibility index (Phi) is 4.02. The van der Waals surface area contributed by atoms with Gasteiger partial charge in [0.05, 0.1) is 23.3 Å². The van der Waals surface area contributed by atoms with Crippen LogP contribution in [0.3, 0.4) is 0 Å². The van der Waals surface area contributed by atoms with Gasteiger partial charge in [0.1, 0.15) is 5.82 Å². The quantitative estimate of drug-likeness (QED) is 0.731. The summed E-state index contributed by atoms with van der Waals surface area (Å²) in [5, 5.41) is 2.93. The number of aromatic nitrogens is 2. The highest BCUT2D eigenvalue weighted by Crippen LogP contribution is 2.22. The Morgan fingerprint density at radius 2 is 2.13 bits per heavy atom. The van der Waals surface area contributed by atoms with Crippen LogP contribution in [0.25, 0.3) is 11.0 Å². The van der Waals surface area contributed by atoms with E-state index in [1.807, 2.05) is 38.1 Å². The maximum atomic E-state index is 12.2. The van der Waals surface area contributed by atoms with Gasteiger partial charge in [0, 0.05) is 6.54 Å². The summed E-state index contributed by atoms with van der Waals surface area (Å²) in [7, 11) is 0. The first-order valence-electron chi connectivity index (χ1n) is 7.50. The van der Waals surface area contributed by atoms with Gasteiger partial charge in [-0.2, -0.15) is 0 Å². The van der Waals surface area contributed by atoms with Gasteiger partial charge in [-0.1, -0.05) is 24.3 Å². The van der Waals surface area contributed by atoms with E-state index in [4.69, 9.17) is 4.42 Å². The molecule has 0 saturated carbocycles. The van der Waals surface area contributed by atoms with Gasteiger partial charge in [0.25, 0.3) is 5.91 Å². The molecule has 1 amide bonds. The molecule has 0 fully saturated rings. The maximum Gasteiger partial charge on any atom is 0.287 e. The first-order valence-corrected chi connectivity index (χ1v) is 7.50. The van der Waals surface area contributed by atoms with Crippen molar-refractivity contribution in [1.82, 2.24) is 14.9 Å². The Bertz CT molecular complexity index is 846. The summed E-state index contributed by atoms with van der Waals surface area (Å²) >= 11 is 0. The standard InChI is InChI=1S/C18H19N3O2/c1-12(2)11-21-15-8-5-4-7-14(15)20-17(21)13(3)19-18(22)16-9-6-10-23-16/h4-10,13H,1,11H2,2-3H3,(H,19,22). The molecule has 0 aliphatic rings. The van der Waals surface area contributed by atoms with Gasteiger partial charge in [-0.15, -0.1) is 0 Å². The summed E-state index contributed by atoms with van der Waals surface area (Å²) in [5.74, 6) is 0.838. The fourth-order valence-electron chi connectivity index (χ4n) is 2.60.